The fourth-order valence-corrected chi connectivity index (χ4v) is 3.32. The van der Waals surface area contributed by atoms with Crippen LogP contribution in [0, 0.1) is 0 Å². The number of aromatic nitrogens is 1. The summed E-state index contributed by atoms with van der Waals surface area (Å²) in [4.78, 5) is 16.2. The number of allylic oxidation sites excluding steroid dienone is 4. The highest BCUT2D eigenvalue weighted by Crippen LogP contribution is 2.40. The van der Waals surface area contributed by atoms with E-state index in [-0.39, 0.29) is 39.0 Å². The van der Waals surface area contributed by atoms with Gasteiger partial charge in [0.15, 0.2) is 0 Å². The minimum Gasteiger partial charge on any atom is -0.507 e. The lowest BCUT2D eigenvalue weighted by Gasteiger charge is -2.16. The van der Waals surface area contributed by atoms with Crippen LogP contribution in [0.5, 0.6) is 17.2 Å². The van der Waals surface area contributed by atoms with E-state index in [0.29, 0.717) is 29.5 Å². The van der Waals surface area contributed by atoms with Gasteiger partial charge in [-0.05, 0) is 52.7 Å². The van der Waals surface area contributed by atoms with Crippen LogP contribution in [0.3, 0.4) is 0 Å². The first kappa shape index (κ1) is 19.5. The molecule has 3 rings (SSSR count). The largest absolute Gasteiger partial charge is 0.507 e. The molecule has 5 heteroatoms. The first-order valence-electron chi connectivity index (χ1n) is 9.22. The third-order valence-electron chi connectivity index (χ3n) is 4.84. The molecule has 0 aliphatic heterocycles. The number of rotatable bonds is 4. The van der Waals surface area contributed by atoms with Crippen LogP contribution in [0.25, 0.3) is 21.8 Å². The van der Waals surface area contributed by atoms with E-state index in [2.05, 4.69) is 4.98 Å². The highest BCUT2D eigenvalue weighted by molar-refractivity contribution is 6.00. The van der Waals surface area contributed by atoms with Crippen molar-refractivity contribution in [1.82, 2.24) is 4.98 Å². The Bertz CT molecular complexity index is 1190. The van der Waals surface area contributed by atoms with Gasteiger partial charge in [-0.1, -0.05) is 29.4 Å². The summed E-state index contributed by atoms with van der Waals surface area (Å²) >= 11 is 0. The molecule has 3 aromatic rings. The zero-order valence-corrected chi connectivity index (χ0v) is 16.6. The number of nitrogens with one attached hydrogen (secondary N) is 1. The number of aromatic hydroxyl groups is 3. The van der Waals surface area contributed by atoms with E-state index < -0.39 is 0 Å². The molecule has 1 aromatic heterocycles. The molecule has 0 spiro atoms. The number of phenols is 3. The molecule has 5 nitrogen and oxygen atoms in total. The first-order valence-corrected chi connectivity index (χ1v) is 9.22. The van der Waals surface area contributed by atoms with E-state index in [4.69, 9.17) is 0 Å². The van der Waals surface area contributed by atoms with Crippen LogP contribution >= 0.6 is 0 Å². The van der Waals surface area contributed by atoms with Crippen molar-refractivity contribution in [2.45, 2.75) is 40.5 Å². The standard InChI is InChI=1S/C23H25NO4/c1-12(2)8-10-15-20-18(23(28)16(21(15)26)11-9-13(3)4)22(27)14-6-5-7-17(25)19(14)24-20/h5-9,25-26,28H,10-11H2,1-4H3,(H,24,27). The van der Waals surface area contributed by atoms with Gasteiger partial charge in [-0.15, -0.1) is 0 Å². The molecule has 1 heterocycles. The summed E-state index contributed by atoms with van der Waals surface area (Å²) in [5.41, 5.74) is 3.21. The summed E-state index contributed by atoms with van der Waals surface area (Å²) in [6.07, 6.45) is 4.55. The molecule has 0 atom stereocenters. The third kappa shape index (κ3) is 3.36. The van der Waals surface area contributed by atoms with Crippen LogP contribution in [0.2, 0.25) is 0 Å². The summed E-state index contributed by atoms with van der Waals surface area (Å²) < 4.78 is 0. The van der Waals surface area contributed by atoms with Gasteiger partial charge < -0.3 is 20.3 Å². The van der Waals surface area contributed by atoms with Gasteiger partial charge >= 0.3 is 0 Å². The van der Waals surface area contributed by atoms with Crippen molar-refractivity contribution < 1.29 is 15.3 Å². The van der Waals surface area contributed by atoms with Crippen molar-refractivity contribution in [3.63, 3.8) is 0 Å². The molecule has 2 aromatic carbocycles. The monoisotopic (exact) mass is 379 g/mol. The zero-order valence-electron chi connectivity index (χ0n) is 16.6. The SMILES string of the molecule is CC(C)=CCc1c(O)c(CC=C(C)C)c2[nH]c3c(O)cccc3c(=O)c2c1O. The maximum Gasteiger partial charge on any atom is 0.201 e. The Morgan fingerprint density at radius 2 is 1.50 bits per heavy atom. The van der Waals surface area contributed by atoms with Crippen molar-refractivity contribution in [1.29, 1.82) is 0 Å². The number of fused-ring (bicyclic) bond motifs is 2. The Labute approximate surface area is 163 Å². The lowest BCUT2D eigenvalue weighted by Crippen LogP contribution is -2.08. The summed E-state index contributed by atoms with van der Waals surface area (Å²) in [5.74, 6) is -0.319. The highest BCUT2D eigenvalue weighted by atomic mass is 16.3. The van der Waals surface area contributed by atoms with Crippen LogP contribution in [0.1, 0.15) is 38.8 Å². The van der Waals surface area contributed by atoms with E-state index in [1.807, 2.05) is 39.8 Å². The number of phenolic OH excluding ortho intramolecular Hbond substituents is 3. The van der Waals surface area contributed by atoms with Gasteiger partial charge in [-0.2, -0.15) is 0 Å². The summed E-state index contributed by atoms with van der Waals surface area (Å²) in [6.45, 7) is 7.77. The fraction of sp³-hybridized carbons (Fsp3) is 0.261. The molecule has 146 valence electrons. The second-order valence-electron chi connectivity index (χ2n) is 7.53. The van der Waals surface area contributed by atoms with E-state index in [9.17, 15) is 20.1 Å². The predicted molar refractivity (Wildman–Crippen MR) is 113 cm³/mol. The summed E-state index contributed by atoms with van der Waals surface area (Å²) in [7, 11) is 0. The molecule has 0 bridgehead atoms. The number of H-pyrrole nitrogens is 1. The van der Waals surface area contributed by atoms with Gasteiger partial charge in [0, 0.05) is 11.1 Å². The number of benzene rings is 2. The molecular formula is C23H25NO4. The van der Waals surface area contributed by atoms with Crippen molar-refractivity contribution in [3.8, 4) is 17.2 Å². The maximum atomic E-state index is 13.1. The molecular weight excluding hydrogens is 354 g/mol. The smallest absolute Gasteiger partial charge is 0.201 e. The fourth-order valence-electron chi connectivity index (χ4n) is 3.32. The Morgan fingerprint density at radius 1 is 0.893 bits per heavy atom. The number of para-hydroxylation sites is 1. The van der Waals surface area contributed by atoms with E-state index >= 15 is 0 Å². The minimum atomic E-state index is -0.381. The van der Waals surface area contributed by atoms with E-state index in [1.165, 1.54) is 6.07 Å². The molecule has 0 aliphatic carbocycles. The number of hydrogen-bond acceptors (Lipinski definition) is 4. The first-order chi connectivity index (χ1) is 13.2. The molecule has 0 saturated carbocycles. The predicted octanol–water partition coefficient (Wildman–Crippen LogP) is 4.82. The average molecular weight is 379 g/mol. The zero-order chi connectivity index (χ0) is 20.6. The topological polar surface area (TPSA) is 93.5 Å². The normalized spacial score (nSPS) is 11.0. The maximum absolute atomic E-state index is 13.1. The van der Waals surface area contributed by atoms with Gasteiger partial charge in [-0.3, -0.25) is 4.79 Å². The lowest BCUT2D eigenvalue weighted by atomic mass is 9.95. The molecule has 0 fully saturated rings. The van der Waals surface area contributed by atoms with Crippen LogP contribution in [-0.4, -0.2) is 20.3 Å². The molecule has 0 aliphatic rings. The Balaban J connectivity index is 2.49. The van der Waals surface area contributed by atoms with Gasteiger partial charge in [-0.25, -0.2) is 0 Å². The Hall–Kier alpha value is -3.21. The summed E-state index contributed by atoms with van der Waals surface area (Å²) in [5, 5.41) is 32.4. The van der Waals surface area contributed by atoms with Crippen molar-refractivity contribution >= 4 is 21.8 Å². The molecule has 0 saturated heterocycles. The van der Waals surface area contributed by atoms with Gasteiger partial charge in [0.1, 0.15) is 17.2 Å². The minimum absolute atomic E-state index is 0.0366. The molecule has 0 radical (unpaired) electrons. The highest BCUT2D eigenvalue weighted by Gasteiger charge is 2.22. The second-order valence-corrected chi connectivity index (χ2v) is 7.53. The number of pyridine rings is 1. The van der Waals surface area contributed by atoms with Crippen molar-refractivity contribution in [3.05, 3.63) is 62.8 Å². The van der Waals surface area contributed by atoms with Crippen molar-refractivity contribution in [2.75, 3.05) is 0 Å². The lowest BCUT2D eigenvalue weighted by molar-refractivity contribution is 0.441. The van der Waals surface area contributed by atoms with Crippen LogP contribution in [-0.2, 0) is 12.8 Å². The molecule has 0 amide bonds. The quantitative estimate of drug-likeness (QED) is 0.386. The van der Waals surface area contributed by atoms with Gasteiger partial charge in [0.2, 0.25) is 5.43 Å². The third-order valence-corrected chi connectivity index (χ3v) is 4.84. The van der Waals surface area contributed by atoms with E-state index in [0.717, 1.165) is 11.1 Å². The Kier molecular flexibility index (Phi) is 5.18. The average Bonchev–Trinajstić information content (AvgIpc) is 2.61. The van der Waals surface area contributed by atoms with Gasteiger partial charge in [0.25, 0.3) is 0 Å². The van der Waals surface area contributed by atoms with Crippen LogP contribution in [0.4, 0.5) is 0 Å². The molecule has 4 N–H and O–H groups in total. The van der Waals surface area contributed by atoms with Crippen molar-refractivity contribution in [2.24, 2.45) is 0 Å². The van der Waals surface area contributed by atoms with E-state index in [1.54, 1.807) is 12.1 Å². The van der Waals surface area contributed by atoms with Crippen LogP contribution < -0.4 is 5.43 Å². The Morgan fingerprint density at radius 3 is 2.11 bits per heavy atom. The molecule has 0 unspecified atom stereocenters. The second kappa shape index (κ2) is 7.43. The molecule has 28 heavy (non-hydrogen) atoms. The van der Waals surface area contributed by atoms with Gasteiger partial charge in [0.05, 0.1) is 21.8 Å². The number of hydrogen-bond donors (Lipinski definition) is 4. The summed E-state index contributed by atoms with van der Waals surface area (Å²) in [6, 6.07) is 4.68. The number of aromatic amines is 1. The van der Waals surface area contributed by atoms with Crippen LogP contribution in [0.15, 0.2) is 46.3 Å².